The third kappa shape index (κ3) is 2.09. The molecule has 1 aliphatic rings. The first kappa shape index (κ1) is 13.6. The lowest BCUT2D eigenvalue weighted by molar-refractivity contribution is -0.132. The molecule has 0 saturated carbocycles. The van der Waals surface area contributed by atoms with E-state index < -0.39 is 5.97 Å². The van der Waals surface area contributed by atoms with Crippen molar-refractivity contribution in [1.29, 1.82) is 0 Å². The molecule has 2 N–H and O–H groups in total. The maximum Gasteiger partial charge on any atom is 0.352 e. The lowest BCUT2D eigenvalue weighted by Crippen LogP contribution is -2.23. The molecule has 3 aromatic rings. The zero-order valence-electron chi connectivity index (χ0n) is 12.5. The number of nitrogens with one attached hydrogen (secondary N) is 1. The van der Waals surface area contributed by atoms with Crippen molar-refractivity contribution < 1.29 is 9.90 Å². The van der Waals surface area contributed by atoms with Gasteiger partial charge in [-0.25, -0.2) is 9.78 Å². The Labute approximate surface area is 132 Å². The zero-order valence-corrected chi connectivity index (χ0v) is 12.5. The van der Waals surface area contributed by atoms with Gasteiger partial charge < -0.3 is 10.4 Å². The predicted octanol–water partition coefficient (Wildman–Crippen LogP) is 3.33. The smallest absolute Gasteiger partial charge is 0.352 e. The van der Waals surface area contributed by atoms with Gasteiger partial charge in [0.05, 0.1) is 17.1 Å². The second-order valence-corrected chi connectivity index (χ2v) is 5.61. The van der Waals surface area contributed by atoms with Gasteiger partial charge in [-0.15, -0.1) is 0 Å². The van der Waals surface area contributed by atoms with E-state index in [0.717, 1.165) is 22.2 Å². The molecule has 1 atom stereocenters. The van der Waals surface area contributed by atoms with Crippen LogP contribution in [0.4, 0.5) is 5.95 Å². The molecule has 0 bridgehead atoms. The molecule has 2 aromatic carbocycles. The molecule has 2 heterocycles. The van der Waals surface area contributed by atoms with E-state index in [-0.39, 0.29) is 11.7 Å². The molecule has 1 aliphatic heterocycles. The van der Waals surface area contributed by atoms with E-state index in [1.165, 1.54) is 0 Å². The molecule has 0 radical (unpaired) electrons. The summed E-state index contributed by atoms with van der Waals surface area (Å²) in [5.74, 6) is -0.429. The number of imidazole rings is 1. The molecule has 5 heteroatoms. The number of benzene rings is 2. The highest BCUT2D eigenvalue weighted by Gasteiger charge is 2.27. The number of fused-ring (bicyclic) bond motifs is 3. The fourth-order valence-corrected chi connectivity index (χ4v) is 3.08. The van der Waals surface area contributed by atoms with Crippen molar-refractivity contribution in [2.75, 3.05) is 5.32 Å². The quantitative estimate of drug-likeness (QED) is 0.762. The van der Waals surface area contributed by atoms with Gasteiger partial charge in [-0.1, -0.05) is 36.4 Å². The van der Waals surface area contributed by atoms with Crippen molar-refractivity contribution in [2.45, 2.75) is 13.0 Å². The Balaban J connectivity index is 2.00. The Kier molecular flexibility index (Phi) is 2.94. The molecule has 0 fully saturated rings. The van der Waals surface area contributed by atoms with Gasteiger partial charge in [-0.3, -0.25) is 4.57 Å². The van der Waals surface area contributed by atoms with Crippen molar-refractivity contribution in [3.05, 3.63) is 71.4 Å². The normalized spacial score (nSPS) is 16.6. The first-order chi connectivity index (χ1) is 11.1. The molecule has 23 heavy (non-hydrogen) atoms. The minimum absolute atomic E-state index is 0.154. The number of carboxylic acid groups (broad SMARTS) is 1. The minimum Gasteiger partial charge on any atom is -0.477 e. The molecule has 1 aromatic heterocycles. The van der Waals surface area contributed by atoms with Crippen molar-refractivity contribution in [2.24, 2.45) is 0 Å². The van der Waals surface area contributed by atoms with E-state index in [1.54, 1.807) is 6.08 Å². The summed E-state index contributed by atoms with van der Waals surface area (Å²) in [7, 11) is 0. The second kappa shape index (κ2) is 4.98. The largest absolute Gasteiger partial charge is 0.477 e. The van der Waals surface area contributed by atoms with Crippen LogP contribution in [0.25, 0.3) is 11.0 Å². The number of rotatable bonds is 2. The first-order valence-corrected chi connectivity index (χ1v) is 7.40. The van der Waals surface area contributed by atoms with Crippen LogP contribution in [0.1, 0.15) is 17.2 Å². The molecule has 5 nitrogen and oxygen atoms in total. The van der Waals surface area contributed by atoms with E-state index in [9.17, 15) is 9.90 Å². The Morgan fingerprint density at radius 3 is 2.70 bits per heavy atom. The van der Waals surface area contributed by atoms with E-state index >= 15 is 0 Å². The Hall–Kier alpha value is -3.08. The van der Waals surface area contributed by atoms with Gasteiger partial charge in [0.15, 0.2) is 0 Å². The lowest BCUT2D eigenvalue weighted by Gasteiger charge is -2.26. The summed E-state index contributed by atoms with van der Waals surface area (Å²) in [5.41, 5.74) is 4.15. The van der Waals surface area contributed by atoms with Crippen LogP contribution in [-0.4, -0.2) is 20.6 Å². The number of carboxylic acids is 1. The minimum atomic E-state index is -0.984. The molecule has 0 unspecified atom stereocenters. The standard InChI is InChI=1S/C18H15N3O2/c1-11-6-2-3-7-12(11)16-10-14(17(22)23)20-18-19-13-8-4-5-9-15(13)21(16)18/h2-10,16H,1H3,(H,19,20)(H,22,23)/t16-/m0/s1. The average molecular weight is 305 g/mol. The van der Waals surface area contributed by atoms with Gasteiger partial charge in [-0.2, -0.15) is 0 Å². The SMILES string of the molecule is Cc1ccccc1[C@@H]1C=C(C(=O)O)Nc2nc3ccccc3n21. The molecular formula is C18H15N3O2. The molecule has 0 amide bonds. The summed E-state index contributed by atoms with van der Waals surface area (Å²) in [6.45, 7) is 2.03. The first-order valence-electron chi connectivity index (χ1n) is 7.40. The van der Waals surface area contributed by atoms with Crippen LogP contribution in [0.5, 0.6) is 0 Å². The number of aromatic nitrogens is 2. The molecule has 114 valence electrons. The lowest BCUT2D eigenvalue weighted by atomic mass is 9.99. The summed E-state index contributed by atoms with van der Waals surface area (Å²) >= 11 is 0. The van der Waals surface area contributed by atoms with Crippen molar-refractivity contribution in [3.63, 3.8) is 0 Å². The monoisotopic (exact) mass is 305 g/mol. The van der Waals surface area contributed by atoms with Gasteiger partial charge in [-0.05, 0) is 36.3 Å². The fourth-order valence-electron chi connectivity index (χ4n) is 3.08. The van der Waals surface area contributed by atoms with E-state index in [2.05, 4.69) is 10.3 Å². The van der Waals surface area contributed by atoms with Crippen LogP contribution in [-0.2, 0) is 4.79 Å². The van der Waals surface area contributed by atoms with Crippen LogP contribution in [0, 0.1) is 6.92 Å². The maximum atomic E-state index is 11.5. The topological polar surface area (TPSA) is 67.2 Å². The number of anilines is 1. The summed E-state index contributed by atoms with van der Waals surface area (Å²) in [6.07, 6.45) is 1.74. The van der Waals surface area contributed by atoms with E-state index in [4.69, 9.17) is 0 Å². The fraction of sp³-hybridized carbons (Fsp3) is 0.111. The Morgan fingerprint density at radius 2 is 1.91 bits per heavy atom. The van der Waals surface area contributed by atoms with Crippen LogP contribution < -0.4 is 5.32 Å². The molecule has 0 spiro atoms. The van der Waals surface area contributed by atoms with E-state index in [1.807, 2.05) is 60.0 Å². The molecular weight excluding hydrogens is 290 g/mol. The highest BCUT2D eigenvalue weighted by Crippen LogP contribution is 2.35. The molecule has 0 aliphatic carbocycles. The summed E-state index contributed by atoms with van der Waals surface area (Å²) in [5, 5.41) is 12.3. The summed E-state index contributed by atoms with van der Waals surface area (Å²) in [4.78, 5) is 16.0. The third-order valence-corrected chi connectivity index (χ3v) is 4.18. The van der Waals surface area contributed by atoms with Crippen LogP contribution in [0.3, 0.4) is 0 Å². The zero-order chi connectivity index (χ0) is 16.0. The van der Waals surface area contributed by atoms with Gasteiger partial charge in [0.2, 0.25) is 5.95 Å². The molecule has 0 saturated heterocycles. The Bertz CT molecular complexity index is 956. The third-order valence-electron chi connectivity index (χ3n) is 4.18. The Morgan fingerprint density at radius 1 is 1.17 bits per heavy atom. The second-order valence-electron chi connectivity index (χ2n) is 5.61. The summed E-state index contributed by atoms with van der Waals surface area (Å²) in [6, 6.07) is 15.6. The van der Waals surface area contributed by atoms with Crippen LogP contribution in [0.2, 0.25) is 0 Å². The number of aliphatic carboxylic acids is 1. The van der Waals surface area contributed by atoms with Gasteiger partial charge in [0.25, 0.3) is 0 Å². The number of para-hydroxylation sites is 2. The van der Waals surface area contributed by atoms with Crippen molar-refractivity contribution >= 4 is 23.0 Å². The number of nitrogens with zero attached hydrogens (tertiary/aromatic N) is 2. The number of carbonyl (C=O) groups is 1. The van der Waals surface area contributed by atoms with Gasteiger partial charge >= 0.3 is 5.97 Å². The van der Waals surface area contributed by atoms with Crippen molar-refractivity contribution in [1.82, 2.24) is 9.55 Å². The highest BCUT2D eigenvalue weighted by molar-refractivity contribution is 5.92. The predicted molar refractivity (Wildman–Crippen MR) is 88.4 cm³/mol. The average Bonchev–Trinajstić information content (AvgIpc) is 2.93. The summed E-state index contributed by atoms with van der Waals surface area (Å²) < 4.78 is 2.05. The van der Waals surface area contributed by atoms with Crippen LogP contribution in [0.15, 0.2) is 60.3 Å². The number of hydrogen-bond acceptors (Lipinski definition) is 3. The molecule has 4 rings (SSSR count). The number of allylic oxidation sites excluding steroid dienone is 1. The van der Waals surface area contributed by atoms with Crippen LogP contribution >= 0.6 is 0 Å². The van der Waals surface area contributed by atoms with E-state index in [0.29, 0.717) is 5.95 Å². The highest BCUT2D eigenvalue weighted by atomic mass is 16.4. The van der Waals surface area contributed by atoms with Gasteiger partial charge in [0.1, 0.15) is 5.70 Å². The van der Waals surface area contributed by atoms with Crippen molar-refractivity contribution in [3.8, 4) is 0 Å². The maximum absolute atomic E-state index is 11.5. The number of aryl methyl sites for hydroxylation is 1. The van der Waals surface area contributed by atoms with Gasteiger partial charge in [0, 0.05) is 0 Å². The number of hydrogen-bond donors (Lipinski definition) is 2.